The van der Waals surface area contributed by atoms with E-state index in [0.717, 1.165) is 10.5 Å². The van der Waals surface area contributed by atoms with E-state index in [0.29, 0.717) is 23.1 Å². The maximum absolute atomic E-state index is 13.1. The van der Waals surface area contributed by atoms with E-state index in [-0.39, 0.29) is 28.6 Å². The van der Waals surface area contributed by atoms with Crippen LogP contribution >= 0.6 is 11.8 Å². The zero-order valence-electron chi connectivity index (χ0n) is 18.0. The summed E-state index contributed by atoms with van der Waals surface area (Å²) in [6.45, 7) is -0.307. The van der Waals surface area contributed by atoms with E-state index in [9.17, 15) is 28.9 Å². The van der Waals surface area contributed by atoms with Gasteiger partial charge in [-0.25, -0.2) is 4.39 Å². The molecule has 1 aliphatic rings. The number of nitro groups is 1. The van der Waals surface area contributed by atoms with E-state index in [2.05, 4.69) is 0 Å². The van der Waals surface area contributed by atoms with Gasteiger partial charge in [0.2, 0.25) is 0 Å². The number of ether oxygens (including phenoxy) is 1. The number of carbonyl (C=O) groups excluding carboxylic acids is 3. The second-order valence-electron chi connectivity index (χ2n) is 7.45. The molecule has 35 heavy (non-hydrogen) atoms. The number of hydrogen-bond acceptors (Lipinski definition) is 7. The molecule has 176 valence electrons. The average molecular weight is 492 g/mol. The fourth-order valence-corrected chi connectivity index (χ4v) is 4.08. The Hall–Kier alpha value is -4.31. The summed E-state index contributed by atoms with van der Waals surface area (Å²) in [5.74, 6) is -1.03. The Bertz CT molecular complexity index is 1340. The molecule has 0 aliphatic carbocycles. The minimum Gasteiger partial charge on any atom is -0.488 e. The molecule has 4 rings (SSSR count). The van der Waals surface area contributed by atoms with Crippen molar-refractivity contribution in [2.24, 2.45) is 0 Å². The summed E-state index contributed by atoms with van der Waals surface area (Å²) < 4.78 is 18.9. The van der Waals surface area contributed by atoms with E-state index in [4.69, 9.17) is 4.74 Å². The van der Waals surface area contributed by atoms with Gasteiger partial charge in [-0.1, -0.05) is 30.3 Å². The van der Waals surface area contributed by atoms with Crippen LogP contribution in [0.4, 0.5) is 14.9 Å². The number of nitro benzene ring substituents is 1. The second-order valence-corrected chi connectivity index (χ2v) is 8.44. The molecule has 8 nitrogen and oxygen atoms in total. The normalized spacial score (nSPS) is 14.4. The summed E-state index contributed by atoms with van der Waals surface area (Å²) in [5.41, 5.74) is 1.29. The van der Waals surface area contributed by atoms with Crippen LogP contribution in [0.2, 0.25) is 0 Å². The molecule has 0 bridgehead atoms. The lowest BCUT2D eigenvalue weighted by atomic mass is 10.1. The van der Waals surface area contributed by atoms with Gasteiger partial charge in [-0.3, -0.25) is 29.4 Å². The molecule has 0 radical (unpaired) electrons. The highest BCUT2D eigenvalue weighted by Crippen LogP contribution is 2.34. The van der Waals surface area contributed by atoms with Crippen LogP contribution in [0.1, 0.15) is 21.5 Å². The van der Waals surface area contributed by atoms with Gasteiger partial charge in [0.25, 0.3) is 16.8 Å². The Morgan fingerprint density at radius 2 is 1.71 bits per heavy atom. The number of Topliss-reactive ketones (excluding diaryl/α,β-unsaturated/α-hetero) is 1. The van der Waals surface area contributed by atoms with Gasteiger partial charge in [0, 0.05) is 23.3 Å². The van der Waals surface area contributed by atoms with Crippen molar-refractivity contribution in [3.05, 3.63) is 110 Å². The fraction of sp³-hybridized carbons (Fsp3) is 0.0800. The number of ketones is 1. The van der Waals surface area contributed by atoms with Crippen molar-refractivity contribution < 1.29 is 28.4 Å². The highest BCUT2D eigenvalue weighted by Gasteiger charge is 2.36. The third-order valence-corrected chi connectivity index (χ3v) is 6.00. The van der Waals surface area contributed by atoms with Crippen molar-refractivity contribution in [3.63, 3.8) is 0 Å². The van der Waals surface area contributed by atoms with Crippen LogP contribution in [0.15, 0.2) is 77.7 Å². The largest absolute Gasteiger partial charge is 0.488 e. The van der Waals surface area contributed by atoms with E-state index in [1.54, 1.807) is 36.4 Å². The molecule has 0 N–H and O–H groups in total. The number of amides is 2. The number of nitrogens with zero attached hydrogens (tertiary/aromatic N) is 2. The Kier molecular flexibility index (Phi) is 7.02. The zero-order chi connectivity index (χ0) is 24.9. The van der Waals surface area contributed by atoms with Crippen LogP contribution in [0.25, 0.3) is 6.08 Å². The number of imide groups is 1. The lowest BCUT2D eigenvalue weighted by molar-refractivity contribution is -0.384. The standard InChI is InChI=1S/C25H17FN2O6S/c26-19-9-5-16(6-10-19)15-34-22-4-2-1-3-18(22)13-23-24(30)27(25(31)35-23)14-21(29)17-7-11-20(12-8-17)28(32)33/h1-13H,14-15H2/b23-13-. The molecule has 2 amide bonds. The molecule has 3 aromatic carbocycles. The van der Waals surface area contributed by atoms with Crippen molar-refractivity contribution in [1.29, 1.82) is 0 Å². The first kappa shape index (κ1) is 23.8. The lowest BCUT2D eigenvalue weighted by Gasteiger charge is -2.11. The van der Waals surface area contributed by atoms with E-state index in [1.807, 2.05) is 0 Å². The Labute approximate surface area is 203 Å². The monoisotopic (exact) mass is 492 g/mol. The number of carbonyl (C=O) groups is 3. The minimum absolute atomic E-state index is 0.129. The summed E-state index contributed by atoms with van der Waals surface area (Å²) in [7, 11) is 0. The van der Waals surface area contributed by atoms with Crippen LogP contribution in [-0.2, 0) is 11.4 Å². The lowest BCUT2D eigenvalue weighted by Crippen LogP contribution is -2.33. The highest BCUT2D eigenvalue weighted by atomic mass is 32.2. The number of non-ortho nitro benzene ring substituents is 1. The molecule has 0 saturated carbocycles. The first-order valence-electron chi connectivity index (χ1n) is 10.3. The maximum Gasteiger partial charge on any atom is 0.293 e. The molecule has 0 spiro atoms. The fourth-order valence-electron chi connectivity index (χ4n) is 3.25. The summed E-state index contributed by atoms with van der Waals surface area (Å²) in [6, 6.07) is 17.7. The molecule has 1 saturated heterocycles. The first-order chi connectivity index (χ1) is 16.8. The third-order valence-electron chi connectivity index (χ3n) is 5.09. The number of para-hydroxylation sites is 1. The summed E-state index contributed by atoms with van der Waals surface area (Å²) in [5, 5.41) is 10.2. The third kappa shape index (κ3) is 5.61. The first-order valence-corrected chi connectivity index (χ1v) is 11.1. The van der Waals surface area contributed by atoms with E-state index in [1.165, 1.54) is 42.5 Å². The Balaban J connectivity index is 1.47. The van der Waals surface area contributed by atoms with Gasteiger partial charge in [0.05, 0.1) is 16.4 Å². The van der Waals surface area contributed by atoms with Gasteiger partial charge >= 0.3 is 0 Å². The second kappa shape index (κ2) is 10.3. The molecule has 0 atom stereocenters. The maximum atomic E-state index is 13.1. The predicted molar refractivity (Wildman–Crippen MR) is 127 cm³/mol. The van der Waals surface area contributed by atoms with Crippen molar-refractivity contribution in [2.75, 3.05) is 6.54 Å². The Morgan fingerprint density at radius 3 is 2.40 bits per heavy atom. The number of hydrogen-bond donors (Lipinski definition) is 0. The van der Waals surface area contributed by atoms with E-state index >= 15 is 0 Å². The topological polar surface area (TPSA) is 107 Å². The van der Waals surface area contributed by atoms with Crippen molar-refractivity contribution in [2.45, 2.75) is 6.61 Å². The molecule has 0 unspecified atom stereocenters. The molecule has 3 aromatic rings. The van der Waals surface area contributed by atoms with Gasteiger partial charge in [-0.05, 0) is 53.7 Å². The molecule has 1 aliphatic heterocycles. The molecule has 10 heteroatoms. The summed E-state index contributed by atoms with van der Waals surface area (Å²) in [6.07, 6.45) is 1.52. The summed E-state index contributed by atoms with van der Waals surface area (Å²) >= 11 is 0.705. The van der Waals surface area contributed by atoms with Crippen LogP contribution in [-0.4, -0.2) is 33.3 Å². The number of rotatable bonds is 8. The quantitative estimate of drug-likeness (QED) is 0.183. The SMILES string of the molecule is O=C(CN1C(=O)S/C(=C\c2ccccc2OCc2ccc(F)cc2)C1=O)c1ccc([N+](=O)[O-])cc1. The van der Waals surface area contributed by atoms with Gasteiger partial charge < -0.3 is 4.74 Å². The van der Waals surface area contributed by atoms with Crippen LogP contribution in [0.3, 0.4) is 0 Å². The van der Waals surface area contributed by atoms with Crippen molar-refractivity contribution >= 4 is 40.5 Å². The van der Waals surface area contributed by atoms with Gasteiger partial charge in [-0.15, -0.1) is 0 Å². The van der Waals surface area contributed by atoms with Gasteiger partial charge in [-0.2, -0.15) is 0 Å². The molecular formula is C25H17FN2O6S. The molecule has 1 fully saturated rings. The van der Waals surface area contributed by atoms with Crippen LogP contribution < -0.4 is 4.74 Å². The van der Waals surface area contributed by atoms with Crippen molar-refractivity contribution in [3.8, 4) is 5.75 Å². The average Bonchev–Trinajstić information content (AvgIpc) is 3.11. The smallest absolute Gasteiger partial charge is 0.293 e. The number of benzene rings is 3. The molecular weight excluding hydrogens is 475 g/mol. The summed E-state index contributed by atoms with van der Waals surface area (Å²) in [4.78, 5) is 49.0. The Morgan fingerprint density at radius 1 is 1.03 bits per heavy atom. The number of halogens is 1. The minimum atomic E-state index is -0.622. The molecule has 1 heterocycles. The predicted octanol–water partition coefficient (Wildman–Crippen LogP) is 5.23. The van der Waals surface area contributed by atoms with Crippen LogP contribution in [0, 0.1) is 15.9 Å². The van der Waals surface area contributed by atoms with Gasteiger partial charge in [0.15, 0.2) is 5.78 Å². The van der Waals surface area contributed by atoms with Crippen molar-refractivity contribution in [1.82, 2.24) is 4.90 Å². The highest BCUT2D eigenvalue weighted by molar-refractivity contribution is 8.18. The number of thioether (sulfide) groups is 1. The molecule has 0 aromatic heterocycles. The zero-order valence-corrected chi connectivity index (χ0v) is 18.9. The van der Waals surface area contributed by atoms with Crippen LogP contribution in [0.5, 0.6) is 5.75 Å². The van der Waals surface area contributed by atoms with Gasteiger partial charge in [0.1, 0.15) is 18.2 Å². The van der Waals surface area contributed by atoms with E-state index < -0.39 is 28.4 Å².